The number of ether oxygens (including phenoxy) is 1. The minimum Gasteiger partial charge on any atom is -0.497 e. The number of nitrogens with zero attached hydrogens (tertiary/aromatic N) is 1. The third kappa shape index (κ3) is 1.97. The Morgan fingerprint density at radius 2 is 2.40 bits per heavy atom. The number of benzene rings is 1. The molecule has 78 valence electrons. The van der Waals surface area contributed by atoms with Crippen LogP contribution in [0.5, 0.6) is 5.75 Å². The van der Waals surface area contributed by atoms with Crippen molar-refractivity contribution < 1.29 is 4.74 Å². The monoisotopic (exact) mass is 201 g/mol. The van der Waals surface area contributed by atoms with Gasteiger partial charge in [0.15, 0.2) is 0 Å². The first-order valence-corrected chi connectivity index (χ1v) is 5.39. The molecule has 0 aliphatic heterocycles. The molecule has 0 amide bonds. The first-order valence-electron chi connectivity index (χ1n) is 5.39. The Bertz CT molecular complexity index is 392. The molecular weight excluding hydrogens is 186 g/mol. The van der Waals surface area contributed by atoms with E-state index in [1.54, 1.807) is 7.11 Å². The second kappa shape index (κ2) is 4.35. The van der Waals surface area contributed by atoms with E-state index in [2.05, 4.69) is 18.2 Å². The largest absolute Gasteiger partial charge is 0.497 e. The lowest BCUT2D eigenvalue weighted by Crippen LogP contribution is -1.94. The van der Waals surface area contributed by atoms with Crippen LogP contribution >= 0.6 is 0 Å². The SMILES string of the molecule is COc1ccc2c(c1)C(CCC#N)CC2. The Kier molecular flexibility index (Phi) is 2.91. The molecule has 0 saturated heterocycles. The van der Waals surface area contributed by atoms with Gasteiger partial charge in [-0.25, -0.2) is 0 Å². The summed E-state index contributed by atoms with van der Waals surface area (Å²) >= 11 is 0. The second-order valence-corrected chi connectivity index (χ2v) is 4.00. The molecule has 0 saturated carbocycles. The fourth-order valence-electron chi connectivity index (χ4n) is 2.33. The number of fused-ring (bicyclic) bond motifs is 1. The van der Waals surface area contributed by atoms with Crippen molar-refractivity contribution in [2.45, 2.75) is 31.6 Å². The predicted molar refractivity (Wildman–Crippen MR) is 58.9 cm³/mol. The van der Waals surface area contributed by atoms with Gasteiger partial charge in [0.1, 0.15) is 5.75 Å². The van der Waals surface area contributed by atoms with Gasteiger partial charge in [-0.15, -0.1) is 0 Å². The minimum atomic E-state index is 0.565. The molecule has 0 fully saturated rings. The maximum Gasteiger partial charge on any atom is 0.119 e. The topological polar surface area (TPSA) is 33.0 Å². The van der Waals surface area contributed by atoms with Crippen LogP contribution in [0.3, 0.4) is 0 Å². The highest BCUT2D eigenvalue weighted by Crippen LogP contribution is 2.37. The Labute approximate surface area is 90.5 Å². The van der Waals surface area contributed by atoms with Gasteiger partial charge in [0.2, 0.25) is 0 Å². The predicted octanol–water partition coefficient (Wildman–Crippen LogP) is 3.03. The number of rotatable bonds is 3. The smallest absolute Gasteiger partial charge is 0.119 e. The number of hydrogen-bond acceptors (Lipinski definition) is 2. The van der Waals surface area contributed by atoms with Crippen molar-refractivity contribution in [1.82, 2.24) is 0 Å². The summed E-state index contributed by atoms with van der Waals surface area (Å²) in [6.07, 6.45) is 3.97. The van der Waals surface area contributed by atoms with Crippen molar-refractivity contribution in [3.8, 4) is 11.8 Å². The molecule has 0 heterocycles. The van der Waals surface area contributed by atoms with Crippen LogP contribution in [0.4, 0.5) is 0 Å². The Hall–Kier alpha value is -1.49. The molecule has 0 radical (unpaired) electrons. The van der Waals surface area contributed by atoms with E-state index < -0.39 is 0 Å². The molecule has 0 N–H and O–H groups in total. The summed E-state index contributed by atoms with van der Waals surface area (Å²) in [4.78, 5) is 0. The van der Waals surface area contributed by atoms with Gasteiger partial charge in [0, 0.05) is 6.42 Å². The molecule has 1 atom stereocenters. The highest BCUT2D eigenvalue weighted by molar-refractivity contribution is 5.41. The zero-order valence-corrected chi connectivity index (χ0v) is 8.99. The summed E-state index contributed by atoms with van der Waals surface area (Å²) in [7, 11) is 1.70. The quantitative estimate of drug-likeness (QED) is 0.753. The zero-order valence-electron chi connectivity index (χ0n) is 8.99. The van der Waals surface area contributed by atoms with E-state index in [1.807, 2.05) is 6.07 Å². The average molecular weight is 201 g/mol. The molecule has 2 rings (SSSR count). The molecule has 0 bridgehead atoms. The molecule has 1 aliphatic rings. The Balaban J connectivity index is 2.20. The van der Waals surface area contributed by atoms with Gasteiger partial charge in [-0.1, -0.05) is 6.07 Å². The van der Waals surface area contributed by atoms with Gasteiger partial charge in [-0.2, -0.15) is 5.26 Å². The van der Waals surface area contributed by atoms with Crippen molar-refractivity contribution in [3.63, 3.8) is 0 Å². The fourth-order valence-corrected chi connectivity index (χ4v) is 2.33. The summed E-state index contributed by atoms with van der Waals surface area (Å²) < 4.78 is 5.23. The van der Waals surface area contributed by atoms with Crippen molar-refractivity contribution in [2.24, 2.45) is 0 Å². The molecule has 1 aromatic carbocycles. The van der Waals surface area contributed by atoms with Crippen LogP contribution in [-0.2, 0) is 6.42 Å². The van der Waals surface area contributed by atoms with Gasteiger partial charge in [0.05, 0.1) is 13.2 Å². The van der Waals surface area contributed by atoms with Crippen LogP contribution in [0, 0.1) is 11.3 Å². The molecule has 1 aromatic rings. The second-order valence-electron chi connectivity index (χ2n) is 4.00. The Morgan fingerprint density at radius 3 is 3.13 bits per heavy atom. The number of nitriles is 1. The first kappa shape index (κ1) is 10.0. The third-order valence-electron chi connectivity index (χ3n) is 3.16. The Morgan fingerprint density at radius 1 is 1.53 bits per heavy atom. The van der Waals surface area contributed by atoms with Crippen molar-refractivity contribution >= 4 is 0 Å². The van der Waals surface area contributed by atoms with Gasteiger partial charge in [-0.05, 0) is 48.4 Å². The summed E-state index contributed by atoms with van der Waals surface area (Å²) in [6.45, 7) is 0. The number of aryl methyl sites for hydroxylation is 1. The summed E-state index contributed by atoms with van der Waals surface area (Å²) in [5.41, 5.74) is 2.82. The highest BCUT2D eigenvalue weighted by Gasteiger charge is 2.22. The highest BCUT2D eigenvalue weighted by atomic mass is 16.5. The van der Waals surface area contributed by atoms with Crippen LogP contribution in [0.25, 0.3) is 0 Å². The molecule has 15 heavy (non-hydrogen) atoms. The van der Waals surface area contributed by atoms with Gasteiger partial charge < -0.3 is 4.74 Å². The van der Waals surface area contributed by atoms with Crippen LogP contribution in [-0.4, -0.2) is 7.11 Å². The van der Waals surface area contributed by atoms with Gasteiger partial charge in [-0.3, -0.25) is 0 Å². The van der Waals surface area contributed by atoms with Gasteiger partial charge in [0.25, 0.3) is 0 Å². The summed E-state index contributed by atoms with van der Waals surface area (Å²) in [5.74, 6) is 1.49. The lowest BCUT2D eigenvalue weighted by atomic mass is 9.96. The van der Waals surface area contributed by atoms with E-state index in [9.17, 15) is 0 Å². The molecule has 2 heteroatoms. The molecule has 1 unspecified atom stereocenters. The van der Waals surface area contributed by atoms with E-state index in [1.165, 1.54) is 17.5 Å². The molecule has 2 nitrogen and oxygen atoms in total. The van der Waals surface area contributed by atoms with Crippen molar-refractivity contribution in [3.05, 3.63) is 29.3 Å². The fraction of sp³-hybridized carbons (Fsp3) is 0.462. The minimum absolute atomic E-state index is 0.565. The summed E-state index contributed by atoms with van der Waals surface area (Å²) in [5, 5.41) is 8.60. The van der Waals surface area contributed by atoms with E-state index in [-0.39, 0.29) is 0 Å². The maximum atomic E-state index is 8.60. The average Bonchev–Trinajstić information content (AvgIpc) is 2.68. The van der Waals surface area contributed by atoms with Crippen LogP contribution in [0.15, 0.2) is 18.2 Å². The first-order chi connectivity index (χ1) is 7.35. The van der Waals surface area contributed by atoms with Crippen molar-refractivity contribution in [1.29, 1.82) is 5.26 Å². The molecule has 1 aliphatic carbocycles. The third-order valence-corrected chi connectivity index (χ3v) is 3.16. The number of methoxy groups -OCH3 is 1. The molecule has 0 spiro atoms. The van der Waals surface area contributed by atoms with Crippen LogP contribution < -0.4 is 4.74 Å². The van der Waals surface area contributed by atoms with Crippen molar-refractivity contribution in [2.75, 3.05) is 7.11 Å². The van der Waals surface area contributed by atoms with E-state index in [0.29, 0.717) is 12.3 Å². The number of hydrogen-bond donors (Lipinski definition) is 0. The van der Waals surface area contributed by atoms with Gasteiger partial charge >= 0.3 is 0 Å². The normalized spacial score (nSPS) is 18.3. The maximum absolute atomic E-state index is 8.60. The van der Waals surface area contributed by atoms with E-state index >= 15 is 0 Å². The standard InChI is InChI=1S/C13H15NO/c1-15-12-7-6-11-5-4-10(3-2-8-14)13(11)9-12/h6-7,9-10H,2-5H2,1H3. The van der Waals surface area contributed by atoms with E-state index in [4.69, 9.17) is 10.00 Å². The van der Waals surface area contributed by atoms with Crippen LogP contribution in [0.2, 0.25) is 0 Å². The summed E-state index contributed by atoms with van der Waals surface area (Å²) in [6, 6.07) is 8.52. The molecular formula is C13H15NO. The zero-order chi connectivity index (χ0) is 10.7. The van der Waals surface area contributed by atoms with Crippen LogP contribution in [0.1, 0.15) is 36.3 Å². The lowest BCUT2D eigenvalue weighted by molar-refractivity contribution is 0.414. The lowest BCUT2D eigenvalue weighted by Gasteiger charge is -2.10. The molecule has 0 aromatic heterocycles. The van der Waals surface area contributed by atoms with E-state index in [0.717, 1.165) is 18.6 Å².